The quantitative estimate of drug-likeness (QED) is 0.414. The van der Waals surface area contributed by atoms with Crippen molar-refractivity contribution in [3.8, 4) is 11.5 Å². The summed E-state index contributed by atoms with van der Waals surface area (Å²) in [6.07, 6.45) is 1.03. The SMILES string of the molecule is CCc1ccccc1CNC(=NC)NCc1ccc2c(c1)OCO2.I. The number of fused-ring (bicyclic) bond motifs is 1. The van der Waals surface area contributed by atoms with E-state index in [-0.39, 0.29) is 24.0 Å². The molecule has 1 aliphatic heterocycles. The van der Waals surface area contributed by atoms with Gasteiger partial charge >= 0.3 is 0 Å². The Morgan fingerprint density at radius 2 is 1.72 bits per heavy atom. The lowest BCUT2D eigenvalue weighted by Crippen LogP contribution is -2.36. The number of aryl methyl sites for hydroxylation is 1. The molecule has 0 atom stereocenters. The number of aliphatic imine (C=N–C) groups is 1. The fourth-order valence-corrected chi connectivity index (χ4v) is 2.71. The van der Waals surface area contributed by atoms with Gasteiger partial charge in [0.1, 0.15) is 0 Å². The molecule has 3 rings (SSSR count). The molecule has 0 aliphatic carbocycles. The van der Waals surface area contributed by atoms with Crippen molar-refractivity contribution in [1.82, 2.24) is 10.6 Å². The van der Waals surface area contributed by atoms with E-state index in [1.54, 1.807) is 7.05 Å². The van der Waals surface area contributed by atoms with Gasteiger partial charge in [-0.3, -0.25) is 4.99 Å². The van der Waals surface area contributed by atoms with Crippen LogP contribution >= 0.6 is 24.0 Å². The Kier molecular flexibility index (Phi) is 7.36. The number of ether oxygens (including phenoxy) is 2. The van der Waals surface area contributed by atoms with Crippen molar-refractivity contribution in [2.24, 2.45) is 4.99 Å². The molecule has 134 valence electrons. The maximum Gasteiger partial charge on any atom is 0.231 e. The summed E-state index contributed by atoms with van der Waals surface area (Å²) < 4.78 is 10.7. The third kappa shape index (κ3) is 5.01. The fraction of sp³-hybridized carbons (Fsp3) is 0.316. The van der Waals surface area contributed by atoms with Crippen molar-refractivity contribution in [3.63, 3.8) is 0 Å². The first-order valence-electron chi connectivity index (χ1n) is 8.20. The van der Waals surface area contributed by atoms with Crippen LogP contribution in [0, 0.1) is 0 Å². The highest BCUT2D eigenvalue weighted by Gasteiger charge is 2.13. The first kappa shape index (κ1) is 19.4. The third-order valence-electron chi connectivity index (χ3n) is 4.07. The first-order chi connectivity index (χ1) is 11.8. The van der Waals surface area contributed by atoms with E-state index in [9.17, 15) is 0 Å². The number of halogens is 1. The molecule has 0 saturated heterocycles. The molecule has 25 heavy (non-hydrogen) atoms. The van der Waals surface area contributed by atoms with Gasteiger partial charge in [-0.2, -0.15) is 0 Å². The minimum Gasteiger partial charge on any atom is -0.454 e. The average molecular weight is 453 g/mol. The van der Waals surface area contributed by atoms with E-state index in [0.717, 1.165) is 36.0 Å². The molecule has 2 N–H and O–H groups in total. The lowest BCUT2D eigenvalue weighted by molar-refractivity contribution is 0.174. The number of hydrogen-bond donors (Lipinski definition) is 2. The molecule has 0 radical (unpaired) electrons. The smallest absolute Gasteiger partial charge is 0.231 e. The summed E-state index contributed by atoms with van der Waals surface area (Å²) in [7, 11) is 1.78. The number of guanidine groups is 1. The van der Waals surface area contributed by atoms with Gasteiger partial charge in [0.05, 0.1) is 0 Å². The molecule has 5 nitrogen and oxygen atoms in total. The average Bonchev–Trinajstić information content (AvgIpc) is 3.10. The monoisotopic (exact) mass is 453 g/mol. The summed E-state index contributed by atoms with van der Waals surface area (Å²) in [5.74, 6) is 2.38. The van der Waals surface area contributed by atoms with Gasteiger partial charge in [0.2, 0.25) is 6.79 Å². The van der Waals surface area contributed by atoms with E-state index < -0.39 is 0 Å². The molecule has 2 aromatic rings. The van der Waals surface area contributed by atoms with Crippen molar-refractivity contribution in [1.29, 1.82) is 0 Å². The Bertz CT molecular complexity index is 734. The number of rotatable bonds is 5. The van der Waals surface area contributed by atoms with Crippen molar-refractivity contribution in [3.05, 3.63) is 59.2 Å². The highest BCUT2D eigenvalue weighted by molar-refractivity contribution is 14.0. The van der Waals surface area contributed by atoms with Crippen LogP contribution in [0.2, 0.25) is 0 Å². The second kappa shape index (κ2) is 9.50. The van der Waals surface area contributed by atoms with E-state index in [4.69, 9.17) is 9.47 Å². The van der Waals surface area contributed by atoms with E-state index in [2.05, 4.69) is 46.8 Å². The Balaban J connectivity index is 0.00000225. The molecule has 6 heteroatoms. The van der Waals surface area contributed by atoms with Gasteiger partial charge in [-0.05, 0) is 35.2 Å². The normalized spacial score (nSPS) is 12.5. The highest BCUT2D eigenvalue weighted by atomic mass is 127. The zero-order chi connectivity index (χ0) is 16.8. The van der Waals surface area contributed by atoms with Gasteiger partial charge in [-0.1, -0.05) is 37.3 Å². The summed E-state index contributed by atoms with van der Waals surface area (Å²) in [5, 5.41) is 6.69. The molecule has 1 heterocycles. The van der Waals surface area contributed by atoms with E-state index in [1.807, 2.05) is 18.2 Å². The second-order valence-corrected chi connectivity index (χ2v) is 5.59. The van der Waals surface area contributed by atoms with Crippen molar-refractivity contribution in [2.45, 2.75) is 26.4 Å². The van der Waals surface area contributed by atoms with Gasteiger partial charge in [0.15, 0.2) is 17.5 Å². The lowest BCUT2D eigenvalue weighted by atomic mass is 10.1. The van der Waals surface area contributed by atoms with Crippen molar-refractivity contribution in [2.75, 3.05) is 13.8 Å². The zero-order valence-corrected chi connectivity index (χ0v) is 16.9. The number of nitrogens with zero attached hydrogens (tertiary/aromatic N) is 1. The zero-order valence-electron chi connectivity index (χ0n) is 14.5. The molecule has 0 fully saturated rings. The van der Waals surface area contributed by atoms with Gasteiger partial charge < -0.3 is 20.1 Å². The van der Waals surface area contributed by atoms with Crippen LogP contribution in [-0.4, -0.2) is 19.8 Å². The molecular formula is C19H24IN3O2. The Morgan fingerprint density at radius 3 is 2.48 bits per heavy atom. The van der Waals surface area contributed by atoms with E-state index >= 15 is 0 Å². The maximum atomic E-state index is 5.41. The molecule has 0 amide bonds. The number of nitrogens with one attached hydrogen (secondary N) is 2. The maximum absolute atomic E-state index is 5.41. The van der Waals surface area contributed by atoms with Crippen LogP contribution in [0.15, 0.2) is 47.5 Å². The predicted octanol–water partition coefficient (Wildman–Crippen LogP) is 3.46. The molecule has 1 aliphatic rings. The topological polar surface area (TPSA) is 54.9 Å². The summed E-state index contributed by atoms with van der Waals surface area (Å²) in [4.78, 5) is 4.28. The molecule has 0 unspecified atom stereocenters. The van der Waals surface area contributed by atoms with Crippen LogP contribution in [0.25, 0.3) is 0 Å². The molecule has 0 bridgehead atoms. The Morgan fingerprint density at radius 1 is 1.00 bits per heavy atom. The summed E-state index contributed by atoms with van der Waals surface area (Å²) >= 11 is 0. The largest absolute Gasteiger partial charge is 0.454 e. The number of hydrogen-bond acceptors (Lipinski definition) is 3. The summed E-state index contributed by atoms with van der Waals surface area (Å²) in [6, 6.07) is 14.4. The van der Waals surface area contributed by atoms with Gasteiger partial charge in [-0.25, -0.2) is 0 Å². The van der Waals surface area contributed by atoms with Crippen LogP contribution in [0.3, 0.4) is 0 Å². The van der Waals surface area contributed by atoms with Gasteiger partial charge in [-0.15, -0.1) is 24.0 Å². The van der Waals surface area contributed by atoms with Crippen molar-refractivity contribution >= 4 is 29.9 Å². The van der Waals surface area contributed by atoms with Crippen LogP contribution in [-0.2, 0) is 19.5 Å². The molecule has 0 spiro atoms. The molecule has 0 saturated carbocycles. The van der Waals surface area contributed by atoms with Crippen LogP contribution in [0.4, 0.5) is 0 Å². The Labute approximate surface area is 165 Å². The molecular weight excluding hydrogens is 429 g/mol. The minimum absolute atomic E-state index is 0. The molecule has 0 aromatic heterocycles. The summed E-state index contributed by atoms with van der Waals surface area (Å²) in [5.41, 5.74) is 3.78. The highest BCUT2D eigenvalue weighted by Crippen LogP contribution is 2.32. The molecule has 2 aromatic carbocycles. The van der Waals surface area contributed by atoms with E-state index in [0.29, 0.717) is 13.3 Å². The number of benzene rings is 2. The summed E-state index contributed by atoms with van der Waals surface area (Å²) in [6.45, 7) is 3.90. The third-order valence-corrected chi connectivity index (χ3v) is 4.07. The van der Waals surface area contributed by atoms with E-state index in [1.165, 1.54) is 11.1 Å². The minimum atomic E-state index is 0. The Hall–Kier alpha value is -1.96. The first-order valence-corrected chi connectivity index (χ1v) is 8.20. The van der Waals surface area contributed by atoms with Crippen LogP contribution in [0.1, 0.15) is 23.6 Å². The lowest BCUT2D eigenvalue weighted by Gasteiger charge is -2.14. The second-order valence-electron chi connectivity index (χ2n) is 5.59. The fourth-order valence-electron chi connectivity index (χ4n) is 2.71. The van der Waals surface area contributed by atoms with Crippen LogP contribution in [0.5, 0.6) is 11.5 Å². The predicted molar refractivity (Wildman–Crippen MR) is 111 cm³/mol. The van der Waals surface area contributed by atoms with Crippen molar-refractivity contribution < 1.29 is 9.47 Å². The van der Waals surface area contributed by atoms with Gasteiger partial charge in [0, 0.05) is 20.1 Å². The standard InChI is InChI=1S/C19H23N3O2.HI/c1-3-15-6-4-5-7-16(15)12-22-19(20-2)21-11-14-8-9-17-18(10-14)24-13-23-17;/h4-10H,3,11-13H2,1-2H3,(H2,20,21,22);1H. The van der Waals surface area contributed by atoms with Crippen LogP contribution < -0.4 is 20.1 Å². The van der Waals surface area contributed by atoms with Gasteiger partial charge in [0.25, 0.3) is 0 Å².